The van der Waals surface area contributed by atoms with E-state index in [9.17, 15) is 9.59 Å². The molecule has 0 aromatic carbocycles. The Bertz CT molecular complexity index is 580. The van der Waals surface area contributed by atoms with Crippen molar-refractivity contribution in [1.82, 2.24) is 25.0 Å². The van der Waals surface area contributed by atoms with Crippen molar-refractivity contribution in [3.05, 3.63) is 12.2 Å². The monoisotopic (exact) mass is 291 g/mol. The van der Waals surface area contributed by atoms with Crippen LogP contribution in [0.2, 0.25) is 0 Å². The summed E-state index contributed by atoms with van der Waals surface area (Å²) in [5.74, 6) is 0.922. The van der Waals surface area contributed by atoms with Gasteiger partial charge in [-0.15, -0.1) is 0 Å². The van der Waals surface area contributed by atoms with Gasteiger partial charge in [-0.2, -0.15) is 5.10 Å². The molecule has 1 aromatic heterocycles. The molecule has 0 bridgehead atoms. The lowest BCUT2D eigenvalue weighted by Gasteiger charge is -2.45. The van der Waals surface area contributed by atoms with Gasteiger partial charge in [-0.1, -0.05) is 6.92 Å². The zero-order valence-electron chi connectivity index (χ0n) is 12.7. The number of hydrogen-bond donors (Lipinski definition) is 1. The molecule has 1 N–H and O–H groups in total. The van der Waals surface area contributed by atoms with Crippen molar-refractivity contribution in [1.29, 1.82) is 0 Å². The van der Waals surface area contributed by atoms with Crippen molar-refractivity contribution in [3.8, 4) is 0 Å². The van der Waals surface area contributed by atoms with Crippen LogP contribution >= 0.6 is 0 Å². The Balaban J connectivity index is 1.92. The maximum absolute atomic E-state index is 12.8. The van der Waals surface area contributed by atoms with E-state index in [1.54, 1.807) is 16.6 Å². The highest BCUT2D eigenvalue weighted by molar-refractivity contribution is 5.99. The van der Waals surface area contributed by atoms with Gasteiger partial charge in [0.2, 0.25) is 11.8 Å². The SMILES string of the molecule is CCC1(C)C(=O)NC(C2CC2)C(=O)N1Cc1ncnn1C. The van der Waals surface area contributed by atoms with Crippen LogP contribution in [0, 0.1) is 5.92 Å². The van der Waals surface area contributed by atoms with Crippen LogP contribution in [-0.2, 0) is 23.2 Å². The summed E-state index contributed by atoms with van der Waals surface area (Å²) >= 11 is 0. The van der Waals surface area contributed by atoms with Crippen molar-refractivity contribution in [3.63, 3.8) is 0 Å². The molecule has 1 aliphatic heterocycles. The minimum atomic E-state index is -0.825. The second kappa shape index (κ2) is 4.82. The number of carbonyl (C=O) groups excluding carboxylic acids is 2. The third kappa shape index (κ3) is 2.20. The van der Waals surface area contributed by atoms with Crippen LogP contribution in [0.15, 0.2) is 6.33 Å². The number of carbonyl (C=O) groups is 2. The molecular weight excluding hydrogens is 270 g/mol. The van der Waals surface area contributed by atoms with E-state index in [4.69, 9.17) is 0 Å². The van der Waals surface area contributed by atoms with Gasteiger partial charge in [0.15, 0.2) is 0 Å². The molecule has 3 rings (SSSR count). The Kier molecular flexibility index (Phi) is 3.22. The zero-order chi connectivity index (χ0) is 15.2. The molecule has 2 heterocycles. The van der Waals surface area contributed by atoms with Gasteiger partial charge < -0.3 is 10.2 Å². The van der Waals surface area contributed by atoms with Gasteiger partial charge in [-0.3, -0.25) is 14.3 Å². The zero-order valence-corrected chi connectivity index (χ0v) is 12.7. The molecule has 7 nitrogen and oxygen atoms in total. The molecule has 2 unspecified atom stereocenters. The first-order chi connectivity index (χ1) is 9.97. The largest absolute Gasteiger partial charge is 0.342 e. The van der Waals surface area contributed by atoms with Crippen LogP contribution in [0.4, 0.5) is 0 Å². The maximum atomic E-state index is 12.8. The van der Waals surface area contributed by atoms with Crippen molar-refractivity contribution in [2.24, 2.45) is 13.0 Å². The van der Waals surface area contributed by atoms with E-state index >= 15 is 0 Å². The molecule has 2 amide bonds. The first kappa shape index (κ1) is 14.0. The molecule has 2 aliphatic rings. The smallest absolute Gasteiger partial charge is 0.246 e. The summed E-state index contributed by atoms with van der Waals surface area (Å²) in [5.41, 5.74) is -0.825. The highest BCUT2D eigenvalue weighted by Gasteiger charge is 2.52. The molecule has 7 heteroatoms. The summed E-state index contributed by atoms with van der Waals surface area (Å²) in [7, 11) is 1.79. The molecule has 1 aromatic rings. The van der Waals surface area contributed by atoms with E-state index in [1.807, 2.05) is 13.8 Å². The molecule has 114 valence electrons. The lowest BCUT2D eigenvalue weighted by atomic mass is 9.89. The fraction of sp³-hybridized carbons (Fsp3) is 0.714. The van der Waals surface area contributed by atoms with Crippen molar-refractivity contribution < 1.29 is 9.59 Å². The minimum absolute atomic E-state index is 0.00412. The molecule has 1 saturated heterocycles. The average Bonchev–Trinajstić information content (AvgIpc) is 3.23. The van der Waals surface area contributed by atoms with Crippen molar-refractivity contribution in [2.45, 2.75) is 51.2 Å². The van der Waals surface area contributed by atoms with E-state index in [0.717, 1.165) is 12.8 Å². The molecule has 0 radical (unpaired) electrons. The van der Waals surface area contributed by atoms with E-state index in [2.05, 4.69) is 15.4 Å². The van der Waals surface area contributed by atoms with Gasteiger partial charge in [-0.25, -0.2) is 4.98 Å². The van der Waals surface area contributed by atoms with Crippen LogP contribution in [0.1, 0.15) is 38.9 Å². The summed E-state index contributed by atoms with van der Waals surface area (Å²) in [4.78, 5) is 31.2. The highest BCUT2D eigenvalue weighted by Crippen LogP contribution is 2.37. The maximum Gasteiger partial charge on any atom is 0.246 e. The fourth-order valence-corrected chi connectivity index (χ4v) is 2.85. The first-order valence-electron chi connectivity index (χ1n) is 7.42. The number of nitrogens with zero attached hydrogens (tertiary/aromatic N) is 4. The van der Waals surface area contributed by atoms with Crippen LogP contribution in [0.5, 0.6) is 0 Å². The number of amides is 2. The Morgan fingerprint density at radius 1 is 1.43 bits per heavy atom. The normalized spacial score (nSPS) is 29.7. The highest BCUT2D eigenvalue weighted by atomic mass is 16.2. The standard InChI is InChI=1S/C14H21N5O2/c1-4-14(2)13(21)17-11(9-5-6-9)12(20)19(14)7-10-15-8-16-18(10)3/h8-9,11H,4-7H2,1-3H3,(H,17,21). The minimum Gasteiger partial charge on any atom is -0.342 e. The first-order valence-corrected chi connectivity index (χ1v) is 7.42. The Hall–Kier alpha value is -1.92. The number of piperazine rings is 1. The van der Waals surface area contributed by atoms with Crippen molar-refractivity contribution in [2.75, 3.05) is 0 Å². The fourth-order valence-electron chi connectivity index (χ4n) is 2.85. The van der Waals surface area contributed by atoms with E-state index in [1.165, 1.54) is 6.33 Å². The molecule has 0 spiro atoms. The molecule has 21 heavy (non-hydrogen) atoms. The van der Waals surface area contributed by atoms with Gasteiger partial charge >= 0.3 is 0 Å². The van der Waals surface area contributed by atoms with E-state index in [-0.39, 0.29) is 17.9 Å². The van der Waals surface area contributed by atoms with Gasteiger partial charge in [0, 0.05) is 7.05 Å². The Labute approximate surface area is 123 Å². The van der Waals surface area contributed by atoms with Crippen LogP contribution in [0.3, 0.4) is 0 Å². The topological polar surface area (TPSA) is 80.1 Å². The van der Waals surface area contributed by atoms with E-state index < -0.39 is 5.54 Å². The van der Waals surface area contributed by atoms with Crippen molar-refractivity contribution >= 4 is 11.8 Å². The van der Waals surface area contributed by atoms with Gasteiger partial charge in [0.25, 0.3) is 0 Å². The number of aryl methyl sites for hydroxylation is 1. The number of hydrogen-bond acceptors (Lipinski definition) is 4. The summed E-state index contributed by atoms with van der Waals surface area (Å²) in [6.45, 7) is 4.06. The number of rotatable bonds is 4. The average molecular weight is 291 g/mol. The molecule has 2 atom stereocenters. The molecule has 1 aliphatic carbocycles. The lowest BCUT2D eigenvalue weighted by molar-refractivity contribution is -0.158. The van der Waals surface area contributed by atoms with Gasteiger partial charge in [0.05, 0.1) is 6.54 Å². The van der Waals surface area contributed by atoms with Gasteiger partial charge in [-0.05, 0) is 32.1 Å². The molecule has 2 fully saturated rings. The summed E-state index contributed by atoms with van der Waals surface area (Å²) in [6, 6.07) is -0.370. The lowest BCUT2D eigenvalue weighted by Crippen LogP contribution is -2.69. The summed E-state index contributed by atoms with van der Waals surface area (Å²) in [5, 5.41) is 6.95. The second-order valence-electron chi connectivity index (χ2n) is 6.14. The third-order valence-electron chi connectivity index (χ3n) is 4.79. The van der Waals surface area contributed by atoms with E-state index in [0.29, 0.717) is 24.7 Å². The summed E-state index contributed by atoms with van der Waals surface area (Å²) in [6.07, 6.45) is 4.06. The number of nitrogens with one attached hydrogen (secondary N) is 1. The number of aromatic nitrogens is 3. The predicted molar refractivity (Wildman–Crippen MR) is 74.9 cm³/mol. The molecule has 1 saturated carbocycles. The summed E-state index contributed by atoms with van der Waals surface area (Å²) < 4.78 is 1.64. The van der Waals surface area contributed by atoms with Crippen LogP contribution < -0.4 is 5.32 Å². The van der Waals surface area contributed by atoms with Gasteiger partial charge in [0.1, 0.15) is 23.7 Å². The van der Waals surface area contributed by atoms with Crippen LogP contribution in [0.25, 0.3) is 0 Å². The Morgan fingerprint density at radius 2 is 2.14 bits per heavy atom. The predicted octanol–water partition coefficient (Wildman–Crippen LogP) is 0.221. The molecular formula is C14H21N5O2. The quantitative estimate of drug-likeness (QED) is 0.860. The second-order valence-corrected chi connectivity index (χ2v) is 6.14. The Morgan fingerprint density at radius 3 is 2.67 bits per heavy atom. The third-order valence-corrected chi connectivity index (χ3v) is 4.79. The van der Waals surface area contributed by atoms with Crippen LogP contribution in [-0.4, -0.2) is 43.1 Å².